The van der Waals surface area contributed by atoms with Gasteiger partial charge in [0.15, 0.2) is 0 Å². The van der Waals surface area contributed by atoms with E-state index in [1.807, 2.05) is 6.07 Å². The van der Waals surface area contributed by atoms with Crippen LogP contribution in [-0.4, -0.2) is 11.7 Å². The first-order chi connectivity index (χ1) is 6.63. The van der Waals surface area contributed by atoms with Gasteiger partial charge in [-0.3, -0.25) is 0 Å². The Morgan fingerprint density at radius 2 is 2.21 bits per heavy atom. The summed E-state index contributed by atoms with van der Waals surface area (Å²) in [6, 6.07) is 6.26. The van der Waals surface area contributed by atoms with Crippen molar-refractivity contribution in [1.82, 2.24) is 5.32 Å². The van der Waals surface area contributed by atoms with Gasteiger partial charge in [0.2, 0.25) is 0 Å². The highest BCUT2D eigenvalue weighted by Gasteiger charge is 2.26. The van der Waals surface area contributed by atoms with Crippen molar-refractivity contribution in [2.45, 2.75) is 32.4 Å². The molecule has 0 saturated carbocycles. The average Bonchev–Trinajstić information content (AvgIpc) is 2.17. The molecule has 0 radical (unpaired) electrons. The topological polar surface area (TPSA) is 32.3 Å². The molecule has 0 fully saturated rings. The Labute approximate surface area is 85.0 Å². The van der Waals surface area contributed by atoms with Crippen LogP contribution in [0.4, 0.5) is 0 Å². The van der Waals surface area contributed by atoms with Gasteiger partial charge in [-0.15, -0.1) is 0 Å². The lowest BCUT2D eigenvalue weighted by Gasteiger charge is -2.33. The van der Waals surface area contributed by atoms with Crippen LogP contribution >= 0.6 is 0 Å². The van der Waals surface area contributed by atoms with E-state index in [-0.39, 0.29) is 12.0 Å². The molecule has 1 aliphatic rings. The summed E-state index contributed by atoms with van der Waals surface area (Å²) in [6.45, 7) is 6.56. The van der Waals surface area contributed by atoms with Crippen LogP contribution in [0.15, 0.2) is 18.2 Å². The first-order valence-electron chi connectivity index (χ1n) is 5.07. The van der Waals surface area contributed by atoms with E-state index < -0.39 is 0 Å². The Bertz CT molecular complexity index is 344. The zero-order valence-electron chi connectivity index (χ0n) is 8.80. The lowest BCUT2D eigenvalue weighted by atomic mass is 9.78. The Balaban J connectivity index is 2.49. The van der Waals surface area contributed by atoms with Crippen LogP contribution < -0.4 is 5.32 Å². The van der Waals surface area contributed by atoms with Gasteiger partial charge < -0.3 is 10.4 Å². The zero-order valence-corrected chi connectivity index (χ0v) is 8.80. The summed E-state index contributed by atoms with van der Waals surface area (Å²) in [6.07, 6.45) is 0. The molecule has 2 heteroatoms. The molecule has 1 heterocycles. The van der Waals surface area contributed by atoms with Gasteiger partial charge in [0.05, 0.1) is 6.61 Å². The Morgan fingerprint density at radius 1 is 1.43 bits per heavy atom. The van der Waals surface area contributed by atoms with Crippen LogP contribution in [0, 0.1) is 0 Å². The van der Waals surface area contributed by atoms with Gasteiger partial charge in [0.25, 0.3) is 0 Å². The second kappa shape index (κ2) is 3.37. The summed E-state index contributed by atoms with van der Waals surface area (Å²) in [5.74, 6) is 0. The molecule has 0 aromatic heterocycles. The fraction of sp³-hybridized carbons (Fsp3) is 0.500. The molecular formula is C12H17NO. The van der Waals surface area contributed by atoms with Gasteiger partial charge in [-0.1, -0.05) is 32.0 Å². The standard InChI is InChI=1S/C12H17NO/c1-12(2)8-13-6-10-4-3-9(7-14)5-11(10)12/h3-5,13-14H,6-8H2,1-2H3. The van der Waals surface area contributed by atoms with Crippen molar-refractivity contribution in [3.63, 3.8) is 0 Å². The Kier molecular flexibility index (Phi) is 2.33. The SMILES string of the molecule is CC1(C)CNCc2ccc(CO)cc21. The average molecular weight is 191 g/mol. The molecule has 14 heavy (non-hydrogen) atoms. The first kappa shape index (κ1) is 9.69. The van der Waals surface area contributed by atoms with Crippen molar-refractivity contribution in [2.24, 2.45) is 0 Å². The van der Waals surface area contributed by atoms with E-state index >= 15 is 0 Å². The molecule has 0 bridgehead atoms. The maximum absolute atomic E-state index is 9.09. The normalized spacial score (nSPS) is 19.1. The highest BCUT2D eigenvalue weighted by atomic mass is 16.3. The molecule has 0 atom stereocenters. The molecular weight excluding hydrogens is 174 g/mol. The summed E-state index contributed by atoms with van der Waals surface area (Å²) in [7, 11) is 0. The summed E-state index contributed by atoms with van der Waals surface area (Å²) in [4.78, 5) is 0. The number of rotatable bonds is 1. The minimum absolute atomic E-state index is 0.136. The lowest BCUT2D eigenvalue weighted by molar-refractivity contribution is 0.281. The third kappa shape index (κ3) is 1.56. The molecule has 0 saturated heterocycles. The van der Waals surface area contributed by atoms with Crippen molar-refractivity contribution >= 4 is 0 Å². The third-order valence-electron chi connectivity index (χ3n) is 2.97. The summed E-state index contributed by atoms with van der Waals surface area (Å²) < 4.78 is 0. The van der Waals surface area contributed by atoms with E-state index in [4.69, 9.17) is 5.11 Å². The second-order valence-electron chi connectivity index (χ2n) is 4.64. The van der Waals surface area contributed by atoms with Crippen molar-refractivity contribution in [2.75, 3.05) is 6.54 Å². The van der Waals surface area contributed by atoms with Gasteiger partial charge >= 0.3 is 0 Å². The van der Waals surface area contributed by atoms with Crippen LogP contribution in [0.2, 0.25) is 0 Å². The van der Waals surface area contributed by atoms with Gasteiger partial charge in [-0.25, -0.2) is 0 Å². The van der Waals surface area contributed by atoms with E-state index in [1.165, 1.54) is 11.1 Å². The number of nitrogens with one attached hydrogen (secondary N) is 1. The number of hydrogen-bond donors (Lipinski definition) is 2. The quantitative estimate of drug-likeness (QED) is 0.706. The van der Waals surface area contributed by atoms with Crippen LogP contribution in [-0.2, 0) is 18.6 Å². The fourth-order valence-corrected chi connectivity index (χ4v) is 2.11. The van der Waals surface area contributed by atoms with E-state index in [1.54, 1.807) is 0 Å². The number of benzene rings is 1. The molecule has 0 unspecified atom stereocenters. The molecule has 76 valence electrons. The summed E-state index contributed by atoms with van der Waals surface area (Å²) >= 11 is 0. The number of aliphatic hydroxyl groups excluding tert-OH is 1. The van der Waals surface area contributed by atoms with Crippen molar-refractivity contribution < 1.29 is 5.11 Å². The van der Waals surface area contributed by atoms with Gasteiger partial charge in [-0.05, 0) is 16.7 Å². The van der Waals surface area contributed by atoms with Gasteiger partial charge in [-0.2, -0.15) is 0 Å². The second-order valence-corrected chi connectivity index (χ2v) is 4.64. The summed E-state index contributed by atoms with van der Waals surface area (Å²) in [5.41, 5.74) is 3.93. The van der Waals surface area contributed by atoms with Crippen LogP contribution in [0.1, 0.15) is 30.5 Å². The fourth-order valence-electron chi connectivity index (χ4n) is 2.11. The molecule has 2 N–H and O–H groups in total. The molecule has 0 spiro atoms. The molecule has 1 aromatic carbocycles. The largest absolute Gasteiger partial charge is 0.392 e. The minimum Gasteiger partial charge on any atom is -0.392 e. The smallest absolute Gasteiger partial charge is 0.0681 e. The van der Waals surface area contributed by atoms with E-state index in [0.717, 1.165) is 18.7 Å². The predicted molar refractivity (Wildman–Crippen MR) is 57.1 cm³/mol. The van der Waals surface area contributed by atoms with Crippen molar-refractivity contribution in [1.29, 1.82) is 0 Å². The Morgan fingerprint density at radius 3 is 2.93 bits per heavy atom. The molecule has 2 rings (SSSR count). The molecule has 2 nitrogen and oxygen atoms in total. The highest BCUT2D eigenvalue weighted by Crippen LogP contribution is 2.30. The summed E-state index contributed by atoms with van der Waals surface area (Å²) in [5, 5.41) is 12.5. The Hall–Kier alpha value is -0.860. The van der Waals surface area contributed by atoms with E-state index in [9.17, 15) is 0 Å². The maximum Gasteiger partial charge on any atom is 0.0681 e. The first-order valence-corrected chi connectivity index (χ1v) is 5.07. The lowest BCUT2D eigenvalue weighted by Crippen LogP contribution is -2.38. The van der Waals surface area contributed by atoms with Crippen LogP contribution in [0.25, 0.3) is 0 Å². The number of aliphatic hydroxyl groups is 1. The van der Waals surface area contributed by atoms with Crippen molar-refractivity contribution in [3.8, 4) is 0 Å². The highest BCUT2D eigenvalue weighted by molar-refractivity contribution is 5.38. The van der Waals surface area contributed by atoms with E-state index in [2.05, 4.69) is 31.3 Å². The number of fused-ring (bicyclic) bond motifs is 1. The zero-order chi connectivity index (χ0) is 10.2. The number of hydrogen-bond acceptors (Lipinski definition) is 2. The predicted octanol–water partition coefficient (Wildman–Crippen LogP) is 1.56. The van der Waals surface area contributed by atoms with Gasteiger partial charge in [0, 0.05) is 18.5 Å². The molecule has 1 aliphatic heterocycles. The van der Waals surface area contributed by atoms with Crippen LogP contribution in [0.5, 0.6) is 0 Å². The van der Waals surface area contributed by atoms with Gasteiger partial charge in [0.1, 0.15) is 0 Å². The monoisotopic (exact) mass is 191 g/mol. The maximum atomic E-state index is 9.09. The third-order valence-corrected chi connectivity index (χ3v) is 2.97. The minimum atomic E-state index is 0.136. The molecule has 0 amide bonds. The molecule has 0 aliphatic carbocycles. The van der Waals surface area contributed by atoms with E-state index in [0.29, 0.717) is 0 Å². The molecule has 1 aromatic rings. The van der Waals surface area contributed by atoms with Crippen molar-refractivity contribution in [3.05, 3.63) is 34.9 Å². The van der Waals surface area contributed by atoms with Crippen LogP contribution in [0.3, 0.4) is 0 Å².